The molecular weight excluding hydrogens is 176 g/mol. The minimum atomic E-state index is 0.280. The number of carbonyl (C=O) groups excluding carboxylic acids is 1. The molecule has 4 heteroatoms. The Morgan fingerprint density at radius 3 is 3.00 bits per heavy atom. The Labute approximate surface area is 73.6 Å². The van der Waals surface area contributed by atoms with E-state index in [1.54, 1.807) is 16.7 Å². The van der Waals surface area contributed by atoms with Crippen molar-refractivity contribution >= 4 is 23.5 Å². The van der Waals surface area contributed by atoms with Crippen LogP contribution >= 0.6 is 11.6 Å². The topological polar surface area (TPSA) is 34.4 Å². The summed E-state index contributed by atoms with van der Waals surface area (Å²) in [5.41, 5.74) is 0.965. The van der Waals surface area contributed by atoms with Gasteiger partial charge in [0.1, 0.15) is 16.5 Å². The molecule has 0 aliphatic carbocycles. The molecule has 0 saturated heterocycles. The van der Waals surface area contributed by atoms with Crippen molar-refractivity contribution in [2.24, 2.45) is 0 Å². The summed E-state index contributed by atoms with van der Waals surface area (Å²) in [6.45, 7) is 0. The average Bonchev–Trinajstić information content (AvgIpc) is 2.44. The molecule has 2 heterocycles. The zero-order valence-corrected chi connectivity index (χ0v) is 6.82. The number of imidazole rings is 1. The van der Waals surface area contributed by atoms with Gasteiger partial charge in [0, 0.05) is 6.20 Å². The summed E-state index contributed by atoms with van der Waals surface area (Å²) in [5.74, 6) is 0. The third kappa shape index (κ3) is 0.905. The van der Waals surface area contributed by atoms with Crippen LogP contribution in [0.2, 0.25) is 5.15 Å². The summed E-state index contributed by atoms with van der Waals surface area (Å²) < 4.78 is 1.66. The standard InChI is InChI=1S/C8H5ClN2O/c9-8-6(5-12)10-7-3-1-2-4-11(7)8/h1-5H. The SMILES string of the molecule is O=Cc1nc2ccccn2c1Cl. The largest absolute Gasteiger partial charge is 0.296 e. The van der Waals surface area contributed by atoms with Crippen LogP contribution in [0.5, 0.6) is 0 Å². The minimum absolute atomic E-state index is 0.280. The molecule has 0 saturated carbocycles. The highest BCUT2D eigenvalue weighted by molar-refractivity contribution is 6.32. The van der Waals surface area contributed by atoms with E-state index in [4.69, 9.17) is 11.6 Å². The van der Waals surface area contributed by atoms with Crippen LogP contribution in [0.1, 0.15) is 10.5 Å². The van der Waals surface area contributed by atoms with Crippen LogP contribution in [0, 0.1) is 0 Å². The molecule has 0 aromatic carbocycles. The van der Waals surface area contributed by atoms with Crippen LogP contribution in [0.15, 0.2) is 24.4 Å². The first kappa shape index (κ1) is 7.31. The van der Waals surface area contributed by atoms with Crippen molar-refractivity contribution in [2.75, 3.05) is 0 Å². The fraction of sp³-hybridized carbons (Fsp3) is 0. The summed E-state index contributed by atoms with van der Waals surface area (Å²) >= 11 is 5.83. The fourth-order valence-corrected chi connectivity index (χ4v) is 1.29. The molecule has 2 rings (SSSR count). The minimum Gasteiger partial charge on any atom is -0.296 e. The van der Waals surface area contributed by atoms with Crippen LogP contribution in [0.4, 0.5) is 0 Å². The lowest BCUT2D eigenvalue weighted by atomic mass is 10.5. The highest BCUT2D eigenvalue weighted by Gasteiger charge is 2.06. The van der Waals surface area contributed by atoms with Crippen LogP contribution < -0.4 is 0 Å². The van der Waals surface area contributed by atoms with E-state index in [0.717, 1.165) is 0 Å². The Kier molecular flexibility index (Phi) is 1.59. The van der Waals surface area contributed by atoms with Crippen LogP contribution in [-0.4, -0.2) is 15.7 Å². The predicted molar refractivity (Wildman–Crippen MR) is 45.6 cm³/mol. The third-order valence-corrected chi connectivity index (χ3v) is 1.98. The van der Waals surface area contributed by atoms with Crippen LogP contribution in [-0.2, 0) is 0 Å². The average molecular weight is 181 g/mol. The number of hydrogen-bond donors (Lipinski definition) is 0. The summed E-state index contributed by atoms with van der Waals surface area (Å²) in [6.07, 6.45) is 2.41. The number of aldehydes is 1. The second-order valence-corrected chi connectivity index (χ2v) is 2.69. The number of pyridine rings is 1. The fourth-order valence-electron chi connectivity index (χ4n) is 1.06. The maximum atomic E-state index is 10.4. The van der Waals surface area contributed by atoms with Gasteiger partial charge in [0.25, 0.3) is 0 Å². The van der Waals surface area contributed by atoms with E-state index >= 15 is 0 Å². The third-order valence-electron chi connectivity index (χ3n) is 1.61. The smallest absolute Gasteiger partial charge is 0.171 e. The van der Waals surface area contributed by atoms with Gasteiger partial charge in [0.05, 0.1) is 0 Å². The monoisotopic (exact) mass is 180 g/mol. The van der Waals surface area contributed by atoms with Gasteiger partial charge in [-0.25, -0.2) is 4.98 Å². The van der Waals surface area contributed by atoms with E-state index < -0.39 is 0 Å². The first-order valence-corrected chi connectivity index (χ1v) is 3.78. The molecule has 2 aromatic rings. The maximum absolute atomic E-state index is 10.4. The van der Waals surface area contributed by atoms with Gasteiger partial charge < -0.3 is 0 Å². The van der Waals surface area contributed by atoms with Gasteiger partial charge in [-0.1, -0.05) is 17.7 Å². The Hall–Kier alpha value is -1.35. The number of nitrogens with zero attached hydrogens (tertiary/aromatic N) is 2. The van der Waals surface area contributed by atoms with Gasteiger partial charge in [0.2, 0.25) is 0 Å². The highest BCUT2D eigenvalue weighted by Crippen LogP contribution is 2.15. The molecule has 0 fully saturated rings. The van der Waals surface area contributed by atoms with E-state index in [-0.39, 0.29) is 5.69 Å². The molecule has 60 valence electrons. The Bertz CT molecular complexity index is 436. The Morgan fingerprint density at radius 2 is 2.33 bits per heavy atom. The molecule has 12 heavy (non-hydrogen) atoms. The number of halogens is 1. The molecule has 0 amide bonds. The molecule has 0 aliphatic heterocycles. The molecule has 0 spiro atoms. The van der Waals surface area contributed by atoms with Crippen molar-refractivity contribution in [1.29, 1.82) is 0 Å². The van der Waals surface area contributed by atoms with Gasteiger partial charge in [-0.3, -0.25) is 9.20 Å². The van der Waals surface area contributed by atoms with Crippen molar-refractivity contribution in [3.8, 4) is 0 Å². The van der Waals surface area contributed by atoms with Crippen molar-refractivity contribution in [1.82, 2.24) is 9.38 Å². The Balaban J connectivity index is 2.87. The molecular formula is C8H5ClN2O. The van der Waals surface area contributed by atoms with Crippen molar-refractivity contribution in [3.05, 3.63) is 35.2 Å². The molecule has 0 N–H and O–H groups in total. The first-order valence-electron chi connectivity index (χ1n) is 3.40. The van der Waals surface area contributed by atoms with Crippen LogP contribution in [0.25, 0.3) is 5.65 Å². The molecule has 0 aliphatic rings. The number of fused-ring (bicyclic) bond motifs is 1. The summed E-state index contributed by atoms with van der Waals surface area (Å²) in [5, 5.41) is 0.362. The Morgan fingerprint density at radius 1 is 1.50 bits per heavy atom. The molecule has 0 unspecified atom stereocenters. The van der Waals surface area contributed by atoms with E-state index in [1.807, 2.05) is 12.1 Å². The molecule has 0 bridgehead atoms. The second-order valence-electron chi connectivity index (χ2n) is 2.33. The number of hydrogen-bond acceptors (Lipinski definition) is 2. The second kappa shape index (κ2) is 2.60. The van der Waals surface area contributed by atoms with Gasteiger partial charge >= 0.3 is 0 Å². The van der Waals surface area contributed by atoms with Crippen molar-refractivity contribution in [3.63, 3.8) is 0 Å². The van der Waals surface area contributed by atoms with E-state index in [1.165, 1.54) is 0 Å². The molecule has 2 aromatic heterocycles. The van der Waals surface area contributed by atoms with Crippen LogP contribution in [0.3, 0.4) is 0 Å². The highest BCUT2D eigenvalue weighted by atomic mass is 35.5. The normalized spacial score (nSPS) is 10.4. The summed E-state index contributed by atoms with van der Waals surface area (Å²) in [4.78, 5) is 14.4. The quantitative estimate of drug-likeness (QED) is 0.628. The molecule has 0 atom stereocenters. The number of rotatable bonds is 1. The maximum Gasteiger partial charge on any atom is 0.171 e. The summed E-state index contributed by atoms with van der Waals surface area (Å²) in [7, 11) is 0. The van der Waals surface area contributed by atoms with E-state index in [2.05, 4.69) is 4.98 Å². The van der Waals surface area contributed by atoms with Gasteiger partial charge in [-0.05, 0) is 12.1 Å². The zero-order chi connectivity index (χ0) is 8.55. The number of aromatic nitrogens is 2. The first-order chi connectivity index (χ1) is 5.83. The van der Waals surface area contributed by atoms with E-state index in [9.17, 15) is 4.79 Å². The lowest BCUT2D eigenvalue weighted by Gasteiger charge is -1.90. The number of carbonyl (C=O) groups is 1. The molecule has 0 radical (unpaired) electrons. The van der Waals surface area contributed by atoms with E-state index in [0.29, 0.717) is 17.1 Å². The predicted octanol–water partition coefficient (Wildman–Crippen LogP) is 1.80. The van der Waals surface area contributed by atoms with Gasteiger partial charge in [-0.15, -0.1) is 0 Å². The lowest BCUT2D eigenvalue weighted by Crippen LogP contribution is -1.81. The van der Waals surface area contributed by atoms with Crippen molar-refractivity contribution < 1.29 is 4.79 Å². The van der Waals surface area contributed by atoms with Gasteiger partial charge in [-0.2, -0.15) is 0 Å². The zero-order valence-electron chi connectivity index (χ0n) is 6.07. The van der Waals surface area contributed by atoms with Crippen molar-refractivity contribution in [2.45, 2.75) is 0 Å². The lowest BCUT2D eigenvalue weighted by molar-refractivity contribution is 0.111. The molecule has 3 nitrogen and oxygen atoms in total. The van der Waals surface area contributed by atoms with Gasteiger partial charge in [0.15, 0.2) is 6.29 Å². The summed E-state index contributed by atoms with van der Waals surface area (Å²) in [6, 6.07) is 5.46.